The maximum atomic E-state index is 3.61. The Morgan fingerprint density at radius 3 is 2.05 bits per heavy atom. The highest BCUT2D eigenvalue weighted by Crippen LogP contribution is 2.21. The van der Waals surface area contributed by atoms with Crippen molar-refractivity contribution < 1.29 is 0 Å². The van der Waals surface area contributed by atoms with Gasteiger partial charge in [0, 0.05) is 6.04 Å². The quantitative estimate of drug-likeness (QED) is 0.772. The molecule has 1 nitrogen and oxygen atoms in total. The topological polar surface area (TPSA) is 12.0 Å². The molecular formula is C19H25N. The van der Waals surface area contributed by atoms with Gasteiger partial charge in [-0.2, -0.15) is 0 Å². The van der Waals surface area contributed by atoms with Gasteiger partial charge < -0.3 is 5.32 Å². The van der Waals surface area contributed by atoms with E-state index in [-0.39, 0.29) is 0 Å². The zero-order valence-electron chi connectivity index (χ0n) is 12.8. The third kappa shape index (κ3) is 3.94. The minimum absolute atomic E-state index is 0.411. The molecule has 20 heavy (non-hydrogen) atoms. The van der Waals surface area contributed by atoms with Crippen molar-refractivity contribution >= 4 is 0 Å². The summed E-state index contributed by atoms with van der Waals surface area (Å²) in [5, 5.41) is 3.61. The molecule has 0 aliphatic carbocycles. The average Bonchev–Trinajstić information content (AvgIpc) is 2.53. The monoisotopic (exact) mass is 267 g/mol. The maximum absolute atomic E-state index is 3.61. The highest BCUT2D eigenvalue weighted by Gasteiger charge is 2.07. The van der Waals surface area contributed by atoms with Gasteiger partial charge in [-0.25, -0.2) is 0 Å². The Labute approximate surface area is 123 Å². The first-order valence-electron chi connectivity index (χ1n) is 7.59. The maximum Gasteiger partial charge on any atom is 0.0291 e. The average molecular weight is 267 g/mol. The first-order valence-corrected chi connectivity index (χ1v) is 7.59. The smallest absolute Gasteiger partial charge is 0.0291 e. The van der Waals surface area contributed by atoms with E-state index in [1.165, 1.54) is 23.1 Å². The lowest BCUT2D eigenvalue weighted by molar-refractivity contribution is 0.461. The summed E-state index contributed by atoms with van der Waals surface area (Å²) in [7, 11) is 0. The Bertz CT molecular complexity index is 501. The molecule has 2 rings (SSSR count). The van der Waals surface area contributed by atoms with Crippen LogP contribution in [0.1, 0.15) is 38.8 Å². The molecule has 0 aromatic heterocycles. The van der Waals surface area contributed by atoms with Gasteiger partial charge in [-0.3, -0.25) is 0 Å². The fourth-order valence-corrected chi connectivity index (χ4v) is 2.23. The van der Waals surface area contributed by atoms with E-state index in [1.807, 2.05) is 0 Å². The van der Waals surface area contributed by atoms with Gasteiger partial charge in [0.2, 0.25) is 0 Å². The van der Waals surface area contributed by atoms with Crippen molar-refractivity contribution in [2.75, 3.05) is 6.54 Å². The van der Waals surface area contributed by atoms with E-state index in [0.717, 1.165) is 12.5 Å². The fraction of sp³-hybridized carbons (Fsp3) is 0.368. The van der Waals surface area contributed by atoms with E-state index in [0.29, 0.717) is 6.04 Å². The molecule has 2 aromatic rings. The molecule has 0 heterocycles. The van der Waals surface area contributed by atoms with Crippen LogP contribution in [0.25, 0.3) is 11.1 Å². The molecule has 2 atom stereocenters. The van der Waals surface area contributed by atoms with Crippen LogP contribution in [0.3, 0.4) is 0 Å². The van der Waals surface area contributed by atoms with Crippen LogP contribution in [0.5, 0.6) is 0 Å². The van der Waals surface area contributed by atoms with Crippen LogP contribution in [0.4, 0.5) is 0 Å². The van der Waals surface area contributed by atoms with Crippen molar-refractivity contribution in [1.82, 2.24) is 5.32 Å². The standard InChI is InChI=1S/C19H25N/c1-4-15(2)14-20-16(3)17-10-12-19(13-11-17)18-8-6-5-7-9-18/h5-13,15-16,20H,4,14H2,1-3H3. The lowest BCUT2D eigenvalue weighted by atomic mass is 10.0. The summed E-state index contributed by atoms with van der Waals surface area (Å²) in [5.41, 5.74) is 3.91. The van der Waals surface area contributed by atoms with E-state index in [1.54, 1.807) is 0 Å². The van der Waals surface area contributed by atoms with Crippen LogP contribution in [-0.4, -0.2) is 6.54 Å². The van der Waals surface area contributed by atoms with Crippen LogP contribution >= 0.6 is 0 Å². The van der Waals surface area contributed by atoms with Crippen molar-refractivity contribution in [3.63, 3.8) is 0 Å². The Balaban J connectivity index is 2.01. The van der Waals surface area contributed by atoms with Gasteiger partial charge in [0.1, 0.15) is 0 Å². The van der Waals surface area contributed by atoms with E-state index < -0.39 is 0 Å². The number of nitrogens with one attached hydrogen (secondary N) is 1. The molecule has 1 N–H and O–H groups in total. The molecule has 0 saturated carbocycles. The summed E-state index contributed by atoms with van der Waals surface area (Å²) in [4.78, 5) is 0. The summed E-state index contributed by atoms with van der Waals surface area (Å²) < 4.78 is 0. The molecule has 0 aliphatic heterocycles. The molecule has 0 amide bonds. The third-order valence-electron chi connectivity index (χ3n) is 3.99. The molecule has 2 aromatic carbocycles. The zero-order chi connectivity index (χ0) is 14.4. The molecule has 0 aliphatic rings. The molecule has 0 saturated heterocycles. The fourth-order valence-electron chi connectivity index (χ4n) is 2.23. The molecule has 0 radical (unpaired) electrons. The second-order valence-corrected chi connectivity index (χ2v) is 5.63. The first-order chi connectivity index (χ1) is 9.70. The van der Waals surface area contributed by atoms with E-state index in [2.05, 4.69) is 80.7 Å². The van der Waals surface area contributed by atoms with Crippen molar-refractivity contribution in [1.29, 1.82) is 0 Å². The molecule has 1 heteroatoms. The largest absolute Gasteiger partial charge is 0.310 e. The SMILES string of the molecule is CCC(C)CNC(C)c1ccc(-c2ccccc2)cc1. The van der Waals surface area contributed by atoms with E-state index >= 15 is 0 Å². The van der Waals surface area contributed by atoms with Gasteiger partial charge in [-0.15, -0.1) is 0 Å². The summed E-state index contributed by atoms with van der Waals surface area (Å²) in [6.45, 7) is 7.85. The van der Waals surface area contributed by atoms with Crippen LogP contribution in [0.2, 0.25) is 0 Å². The molecule has 0 spiro atoms. The predicted molar refractivity (Wildman–Crippen MR) is 87.8 cm³/mol. The second kappa shape index (κ2) is 7.25. The number of hydrogen-bond donors (Lipinski definition) is 1. The summed E-state index contributed by atoms with van der Waals surface area (Å²) in [6.07, 6.45) is 1.23. The summed E-state index contributed by atoms with van der Waals surface area (Å²) in [6, 6.07) is 19.8. The zero-order valence-corrected chi connectivity index (χ0v) is 12.8. The van der Waals surface area contributed by atoms with Crippen molar-refractivity contribution in [2.24, 2.45) is 5.92 Å². The van der Waals surface area contributed by atoms with Crippen LogP contribution in [-0.2, 0) is 0 Å². The summed E-state index contributed by atoms with van der Waals surface area (Å²) >= 11 is 0. The van der Waals surface area contributed by atoms with Gasteiger partial charge in [-0.1, -0.05) is 74.9 Å². The van der Waals surface area contributed by atoms with Crippen molar-refractivity contribution in [2.45, 2.75) is 33.2 Å². The Kier molecular flexibility index (Phi) is 5.37. The van der Waals surface area contributed by atoms with Gasteiger partial charge in [-0.05, 0) is 36.1 Å². The predicted octanol–water partition coefficient (Wildman–Crippen LogP) is 5.05. The van der Waals surface area contributed by atoms with E-state index in [4.69, 9.17) is 0 Å². The van der Waals surface area contributed by atoms with Crippen LogP contribution in [0, 0.1) is 5.92 Å². The molecular weight excluding hydrogens is 242 g/mol. The third-order valence-corrected chi connectivity index (χ3v) is 3.99. The highest BCUT2D eigenvalue weighted by molar-refractivity contribution is 5.63. The van der Waals surface area contributed by atoms with Crippen LogP contribution < -0.4 is 5.32 Å². The van der Waals surface area contributed by atoms with Gasteiger partial charge in [0.15, 0.2) is 0 Å². The lowest BCUT2D eigenvalue weighted by Gasteiger charge is -2.17. The molecule has 106 valence electrons. The van der Waals surface area contributed by atoms with Gasteiger partial charge >= 0.3 is 0 Å². The van der Waals surface area contributed by atoms with Gasteiger partial charge in [0.25, 0.3) is 0 Å². The van der Waals surface area contributed by atoms with Crippen molar-refractivity contribution in [3.8, 4) is 11.1 Å². The number of rotatable bonds is 6. The number of hydrogen-bond acceptors (Lipinski definition) is 1. The number of benzene rings is 2. The van der Waals surface area contributed by atoms with E-state index in [9.17, 15) is 0 Å². The Hall–Kier alpha value is -1.60. The first kappa shape index (κ1) is 14.8. The molecule has 0 fully saturated rings. The normalized spacial score (nSPS) is 13.9. The Morgan fingerprint density at radius 2 is 1.45 bits per heavy atom. The molecule has 2 unspecified atom stereocenters. The highest BCUT2D eigenvalue weighted by atomic mass is 14.9. The van der Waals surface area contributed by atoms with Crippen LogP contribution in [0.15, 0.2) is 54.6 Å². The lowest BCUT2D eigenvalue weighted by Crippen LogP contribution is -2.24. The Morgan fingerprint density at radius 1 is 0.850 bits per heavy atom. The second-order valence-electron chi connectivity index (χ2n) is 5.63. The van der Waals surface area contributed by atoms with Gasteiger partial charge in [0.05, 0.1) is 0 Å². The minimum atomic E-state index is 0.411. The minimum Gasteiger partial charge on any atom is -0.310 e. The summed E-state index contributed by atoms with van der Waals surface area (Å²) in [5.74, 6) is 0.737. The van der Waals surface area contributed by atoms with Crippen molar-refractivity contribution in [3.05, 3.63) is 60.2 Å². The molecule has 0 bridgehead atoms.